The molecule has 0 saturated heterocycles. The van der Waals surface area contributed by atoms with Crippen molar-refractivity contribution >= 4 is 52.6 Å². The van der Waals surface area contributed by atoms with Crippen molar-refractivity contribution in [2.45, 2.75) is 24.2 Å². The Hall–Kier alpha value is -2.40. The van der Waals surface area contributed by atoms with E-state index in [0.717, 1.165) is 27.8 Å². The number of benzene rings is 2. The summed E-state index contributed by atoms with van der Waals surface area (Å²) in [7, 11) is 0. The number of carbonyl (C=O) groups is 2. The molecule has 2 N–H and O–H groups in total. The van der Waals surface area contributed by atoms with Crippen molar-refractivity contribution in [2.24, 2.45) is 0 Å². The zero-order chi connectivity index (χ0) is 21.7. The fraction of sp³-hybridized carbons (Fsp3) is 0.227. The molecule has 3 rings (SSSR count). The molecule has 8 heteroatoms. The van der Waals surface area contributed by atoms with E-state index in [0.29, 0.717) is 21.3 Å². The van der Waals surface area contributed by atoms with E-state index in [1.54, 1.807) is 23.9 Å². The highest BCUT2D eigenvalue weighted by Gasteiger charge is 2.29. The lowest BCUT2D eigenvalue weighted by Gasteiger charge is -2.25. The van der Waals surface area contributed by atoms with Gasteiger partial charge in [-0.2, -0.15) is 5.26 Å². The van der Waals surface area contributed by atoms with Gasteiger partial charge >= 0.3 is 0 Å². The van der Waals surface area contributed by atoms with Gasteiger partial charge in [0.05, 0.1) is 22.4 Å². The van der Waals surface area contributed by atoms with E-state index in [2.05, 4.69) is 16.7 Å². The van der Waals surface area contributed by atoms with Crippen molar-refractivity contribution in [3.05, 3.63) is 69.2 Å². The molecule has 0 unspecified atom stereocenters. The number of nitrogens with one attached hydrogen (secondary N) is 2. The third-order valence-corrected chi connectivity index (χ3v) is 6.69. The Labute approximate surface area is 189 Å². The Balaban J connectivity index is 1.76. The van der Waals surface area contributed by atoms with Crippen molar-refractivity contribution in [1.82, 2.24) is 5.32 Å². The second kappa shape index (κ2) is 10.1. The number of amides is 2. The molecule has 154 valence electrons. The van der Waals surface area contributed by atoms with Crippen LogP contribution in [0, 0.1) is 18.3 Å². The van der Waals surface area contributed by atoms with Gasteiger partial charge in [-0.1, -0.05) is 41.6 Å². The van der Waals surface area contributed by atoms with Crippen molar-refractivity contribution in [1.29, 1.82) is 5.26 Å². The first-order valence-corrected chi connectivity index (χ1v) is 11.8. The molecule has 1 heterocycles. The molecular formula is C22H20ClN3O2S2. The smallest absolute Gasteiger partial charge is 0.234 e. The number of aryl methyl sites for hydroxylation is 1. The highest BCUT2D eigenvalue weighted by Crippen LogP contribution is 2.36. The fourth-order valence-corrected chi connectivity index (χ4v) is 4.56. The molecule has 1 aliphatic heterocycles. The number of anilines is 1. The van der Waals surface area contributed by atoms with Crippen molar-refractivity contribution in [3.8, 4) is 6.07 Å². The lowest BCUT2D eigenvalue weighted by Crippen LogP contribution is -2.31. The molecule has 0 fully saturated rings. The van der Waals surface area contributed by atoms with Gasteiger partial charge in [0.15, 0.2) is 0 Å². The summed E-state index contributed by atoms with van der Waals surface area (Å²) < 4.78 is 0. The maximum atomic E-state index is 12.4. The number of hydrogen-bond acceptors (Lipinski definition) is 5. The van der Waals surface area contributed by atoms with Crippen LogP contribution in [0.2, 0.25) is 5.02 Å². The summed E-state index contributed by atoms with van der Waals surface area (Å²) in [5, 5.41) is 16.3. The fourth-order valence-electron chi connectivity index (χ4n) is 3.11. The first kappa shape index (κ1) is 22.3. The van der Waals surface area contributed by atoms with E-state index < -0.39 is 0 Å². The summed E-state index contributed by atoms with van der Waals surface area (Å²) in [6, 6.07) is 15.4. The summed E-state index contributed by atoms with van der Waals surface area (Å²) in [5.74, 6) is -0.664. The standard InChI is InChI=1S/C22H20ClN3O2S2/c1-13-3-6-15(23)9-19(13)25-21(28)12-30-22-18(11-24)17(10-20(27)26-22)14-4-7-16(29-2)8-5-14/h3-9,17H,10,12H2,1-2H3,(H,25,28)(H,26,27)/t17-/m1/s1. The third kappa shape index (κ3) is 5.39. The minimum absolute atomic E-state index is 0.0604. The number of allylic oxidation sites excluding steroid dienone is 1. The minimum Gasteiger partial charge on any atom is -0.325 e. The zero-order valence-electron chi connectivity index (χ0n) is 16.5. The van der Waals surface area contributed by atoms with Gasteiger partial charge in [-0.15, -0.1) is 11.8 Å². The van der Waals surface area contributed by atoms with Gasteiger partial charge in [0, 0.05) is 27.9 Å². The number of halogens is 1. The van der Waals surface area contributed by atoms with Crippen LogP contribution in [0.1, 0.15) is 23.5 Å². The summed E-state index contributed by atoms with van der Waals surface area (Å²) in [6.07, 6.45) is 2.20. The molecule has 2 aromatic carbocycles. The van der Waals surface area contributed by atoms with E-state index in [-0.39, 0.29) is 29.9 Å². The van der Waals surface area contributed by atoms with Gasteiger partial charge in [-0.05, 0) is 48.6 Å². The van der Waals surface area contributed by atoms with Gasteiger partial charge in [0.25, 0.3) is 0 Å². The summed E-state index contributed by atoms with van der Waals surface area (Å²) in [6.45, 7) is 1.88. The van der Waals surface area contributed by atoms with Crippen LogP contribution in [0.5, 0.6) is 0 Å². The Morgan fingerprint density at radius 1 is 1.30 bits per heavy atom. The molecule has 1 aliphatic rings. The predicted octanol–water partition coefficient (Wildman–Crippen LogP) is 5.08. The topological polar surface area (TPSA) is 82.0 Å². The van der Waals surface area contributed by atoms with E-state index in [4.69, 9.17) is 11.6 Å². The Kier molecular flexibility index (Phi) is 7.48. The molecule has 0 bridgehead atoms. The van der Waals surface area contributed by atoms with E-state index in [1.807, 2.05) is 43.5 Å². The van der Waals surface area contributed by atoms with Gasteiger partial charge in [0.2, 0.25) is 11.8 Å². The number of rotatable bonds is 6. The Morgan fingerprint density at radius 3 is 2.70 bits per heavy atom. The molecule has 2 aromatic rings. The SMILES string of the molecule is CSc1ccc([C@H]2CC(=O)NC(SCC(=O)Nc3cc(Cl)ccc3C)=C2C#N)cc1. The lowest BCUT2D eigenvalue weighted by molar-refractivity contribution is -0.121. The molecule has 5 nitrogen and oxygen atoms in total. The first-order valence-electron chi connectivity index (χ1n) is 9.18. The lowest BCUT2D eigenvalue weighted by atomic mass is 9.87. The zero-order valence-corrected chi connectivity index (χ0v) is 18.9. The predicted molar refractivity (Wildman–Crippen MR) is 124 cm³/mol. The molecule has 2 amide bonds. The van der Waals surface area contributed by atoms with Crippen LogP contribution >= 0.6 is 35.1 Å². The van der Waals surface area contributed by atoms with E-state index in [9.17, 15) is 14.9 Å². The van der Waals surface area contributed by atoms with Gasteiger partial charge < -0.3 is 10.6 Å². The Bertz CT molecular complexity index is 1050. The van der Waals surface area contributed by atoms with Crippen LogP contribution < -0.4 is 10.6 Å². The number of nitrogens with zero attached hydrogens (tertiary/aromatic N) is 1. The second-order valence-electron chi connectivity index (χ2n) is 6.73. The molecule has 0 aromatic heterocycles. The van der Waals surface area contributed by atoms with Gasteiger partial charge in [0.1, 0.15) is 0 Å². The average Bonchev–Trinajstić information content (AvgIpc) is 2.74. The molecule has 0 aliphatic carbocycles. The molecule has 30 heavy (non-hydrogen) atoms. The quantitative estimate of drug-likeness (QED) is 0.591. The number of nitriles is 1. The number of carbonyl (C=O) groups excluding carboxylic acids is 2. The number of hydrogen-bond donors (Lipinski definition) is 2. The maximum absolute atomic E-state index is 12.4. The molecule has 0 radical (unpaired) electrons. The Morgan fingerprint density at radius 2 is 2.03 bits per heavy atom. The normalized spacial score (nSPS) is 16.1. The highest BCUT2D eigenvalue weighted by molar-refractivity contribution is 8.03. The molecule has 0 saturated carbocycles. The van der Waals surface area contributed by atoms with Crippen molar-refractivity contribution in [3.63, 3.8) is 0 Å². The van der Waals surface area contributed by atoms with Crippen molar-refractivity contribution in [2.75, 3.05) is 17.3 Å². The van der Waals surface area contributed by atoms with Crippen LogP contribution in [0.4, 0.5) is 5.69 Å². The second-order valence-corrected chi connectivity index (χ2v) is 9.03. The highest BCUT2D eigenvalue weighted by atomic mass is 35.5. The summed E-state index contributed by atoms with van der Waals surface area (Å²) in [4.78, 5) is 25.8. The van der Waals surface area contributed by atoms with Crippen LogP contribution in [0.3, 0.4) is 0 Å². The first-order chi connectivity index (χ1) is 14.4. The average molecular weight is 458 g/mol. The third-order valence-electron chi connectivity index (χ3n) is 4.70. The largest absolute Gasteiger partial charge is 0.325 e. The van der Waals surface area contributed by atoms with Crippen LogP contribution in [0.25, 0.3) is 0 Å². The van der Waals surface area contributed by atoms with Crippen LogP contribution in [-0.2, 0) is 9.59 Å². The van der Waals surface area contributed by atoms with Gasteiger partial charge in [-0.25, -0.2) is 0 Å². The molecule has 1 atom stereocenters. The van der Waals surface area contributed by atoms with Crippen LogP contribution in [-0.4, -0.2) is 23.8 Å². The van der Waals surface area contributed by atoms with Crippen LogP contribution in [0.15, 0.2) is 58.0 Å². The van der Waals surface area contributed by atoms with E-state index >= 15 is 0 Å². The molecular weight excluding hydrogens is 438 g/mol. The minimum atomic E-state index is -0.319. The molecule has 0 spiro atoms. The monoisotopic (exact) mass is 457 g/mol. The number of thioether (sulfide) groups is 2. The summed E-state index contributed by atoms with van der Waals surface area (Å²) >= 11 is 8.78. The van der Waals surface area contributed by atoms with Crippen molar-refractivity contribution < 1.29 is 9.59 Å². The van der Waals surface area contributed by atoms with E-state index in [1.165, 1.54) is 0 Å². The van der Waals surface area contributed by atoms with Gasteiger partial charge in [-0.3, -0.25) is 9.59 Å². The summed E-state index contributed by atoms with van der Waals surface area (Å²) in [5.41, 5.74) is 2.93. The maximum Gasteiger partial charge on any atom is 0.234 e.